The van der Waals surface area contributed by atoms with Crippen LogP contribution in [0.5, 0.6) is 0 Å². The highest BCUT2D eigenvalue weighted by atomic mass is 28.4. The molecule has 0 radical (unpaired) electrons. The third kappa shape index (κ3) is 3.22. The predicted octanol–water partition coefficient (Wildman–Crippen LogP) is 2.21. The monoisotopic (exact) mass is 315 g/mol. The lowest BCUT2D eigenvalue weighted by Gasteiger charge is -2.55. The SMILES string of the molecule is CC(O)[C@@]1(O)CN2CC[C@H]1C[C@@H]2CO[Si](C)(C)C(C)(C)C. The van der Waals surface area contributed by atoms with E-state index in [0.717, 1.165) is 26.0 Å². The summed E-state index contributed by atoms with van der Waals surface area (Å²) in [7, 11) is -1.71. The van der Waals surface area contributed by atoms with Crippen molar-refractivity contribution in [3.05, 3.63) is 0 Å². The first kappa shape index (κ1) is 17.4. The molecular weight excluding hydrogens is 282 g/mol. The Morgan fingerprint density at radius 1 is 1.38 bits per heavy atom. The van der Waals surface area contributed by atoms with Crippen LogP contribution in [0.1, 0.15) is 40.5 Å². The van der Waals surface area contributed by atoms with Crippen LogP contribution in [0.2, 0.25) is 18.1 Å². The van der Waals surface area contributed by atoms with E-state index in [9.17, 15) is 10.2 Å². The second kappa shape index (κ2) is 5.60. The first-order chi connectivity index (χ1) is 9.47. The number of fused-ring (bicyclic) bond motifs is 3. The van der Waals surface area contributed by atoms with Gasteiger partial charge in [-0.25, -0.2) is 0 Å². The molecule has 0 aliphatic carbocycles. The molecule has 0 aromatic heterocycles. The average Bonchev–Trinajstić information content (AvgIpc) is 2.36. The molecule has 124 valence electrons. The van der Waals surface area contributed by atoms with Crippen LogP contribution in [-0.2, 0) is 4.43 Å². The summed E-state index contributed by atoms with van der Waals surface area (Å²) in [6, 6.07) is 0.400. The van der Waals surface area contributed by atoms with Gasteiger partial charge in [0.2, 0.25) is 0 Å². The van der Waals surface area contributed by atoms with E-state index in [-0.39, 0.29) is 11.0 Å². The van der Waals surface area contributed by atoms with Gasteiger partial charge in [-0.05, 0) is 50.4 Å². The van der Waals surface area contributed by atoms with Crippen molar-refractivity contribution in [2.75, 3.05) is 19.7 Å². The minimum Gasteiger partial charge on any atom is -0.415 e. The fourth-order valence-electron chi connectivity index (χ4n) is 3.38. The van der Waals surface area contributed by atoms with Gasteiger partial charge >= 0.3 is 0 Å². The second-order valence-corrected chi connectivity index (χ2v) is 13.4. The summed E-state index contributed by atoms with van der Waals surface area (Å²) in [6.45, 7) is 15.4. The van der Waals surface area contributed by atoms with Crippen LogP contribution in [0, 0.1) is 5.92 Å². The summed E-state index contributed by atoms with van der Waals surface area (Å²) >= 11 is 0. The maximum Gasteiger partial charge on any atom is 0.192 e. The highest BCUT2D eigenvalue weighted by Gasteiger charge is 2.52. The third-order valence-corrected chi connectivity index (χ3v) is 10.7. The lowest BCUT2D eigenvalue weighted by atomic mass is 9.70. The molecule has 0 aromatic rings. The molecule has 3 heterocycles. The molecule has 5 heteroatoms. The number of hydrogen-bond acceptors (Lipinski definition) is 4. The van der Waals surface area contributed by atoms with E-state index < -0.39 is 20.0 Å². The molecular formula is C16H33NO3Si. The van der Waals surface area contributed by atoms with Gasteiger partial charge in [-0.15, -0.1) is 0 Å². The number of hydrogen-bond donors (Lipinski definition) is 2. The number of nitrogens with zero attached hydrogens (tertiary/aromatic N) is 1. The molecule has 3 saturated heterocycles. The molecule has 2 unspecified atom stereocenters. The summed E-state index contributed by atoms with van der Waals surface area (Å²) in [5.74, 6) is 0.204. The van der Waals surface area contributed by atoms with E-state index >= 15 is 0 Å². The smallest absolute Gasteiger partial charge is 0.192 e. The van der Waals surface area contributed by atoms with E-state index in [2.05, 4.69) is 38.8 Å². The van der Waals surface area contributed by atoms with Gasteiger partial charge in [0.15, 0.2) is 8.32 Å². The number of piperidine rings is 3. The van der Waals surface area contributed by atoms with E-state index in [1.54, 1.807) is 6.92 Å². The van der Waals surface area contributed by atoms with Gasteiger partial charge in [0.1, 0.15) is 5.60 Å². The number of aliphatic hydroxyl groups is 2. The summed E-state index contributed by atoms with van der Waals surface area (Å²) in [6.07, 6.45) is 1.26. The van der Waals surface area contributed by atoms with Crippen LogP contribution in [-0.4, -0.2) is 60.9 Å². The Kier molecular flexibility index (Phi) is 4.65. The molecule has 0 spiro atoms. The zero-order valence-corrected chi connectivity index (χ0v) is 15.5. The van der Waals surface area contributed by atoms with Crippen LogP contribution in [0.15, 0.2) is 0 Å². The molecule has 2 N–H and O–H groups in total. The largest absolute Gasteiger partial charge is 0.415 e. The third-order valence-electron chi connectivity index (χ3n) is 6.17. The predicted molar refractivity (Wildman–Crippen MR) is 87.9 cm³/mol. The fraction of sp³-hybridized carbons (Fsp3) is 1.00. The standard InChI is InChI=1S/C16H33NO3Si/c1-12(18)16(19)11-17-8-7-13(16)9-14(17)10-20-21(5,6)15(2,3)4/h12-14,18-19H,7-11H2,1-6H3/t12?,13-,14+,16-/m0/s1. The summed E-state index contributed by atoms with van der Waals surface area (Å²) in [4.78, 5) is 2.32. The Labute approximate surface area is 130 Å². The first-order valence-corrected chi connectivity index (χ1v) is 11.2. The van der Waals surface area contributed by atoms with Gasteiger partial charge in [0.25, 0.3) is 0 Å². The van der Waals surface area contributed by atoms with Crippen molar-refractivity contribution in [1.82, 2.24) is 4.90 Å². The Morgan fingerprint density at radius 3 is 2.43 bits per heavy atom. The minimum atomic E-state index is -1.71. The van der Waals surface area contributed by atoms with Crippen LogP contribution in [0.4, 0.5) is 0 Å². The molecule has 0 aromatic carbocycles. The van der Waals surface area contributed by atoms with Crippen molar-refractivity contribution in [3.63, 3.8) is 0 Å². The van der Waals surface area contributed by atoms with E-state index in [4.69, 9.17) is 4.43 Å². The Morgan fingerprint density at radius 2 is 2.00 bits per heavy atom. The molecule has 3 fully saturated rings. The quantitative estimate of drug-likeness (QED) is 0.781. The minimum absolute atomic E-state index is 0.204. The van der Waals surface area contributed by atoms with E-state index in [0.29, 0.717) is 12.6 Å². The number of rotatable bonds is 4. The topological polar surface area (TPSA) is 52.9 Å². The molecule has 3 aliphatic rings. The summed E-state index contributed by atoms with van der Waals surface area (Å²) < 4.78 is 6.37. The van der Waals surface area contributed by atoms with Crippen molar-refractivity contribution in [3.8, 4) is 0 Å². The molecule has 0 saturated carbocycles. The highest BCUT2D eigenvalue weighted by molar-refractivity contribution is 6.74. The normalized spacial score (nSPS) is 38.6. The summed E-state index contributed by atoms with van der Waals surface area (Å²) in [5, 5.41) is 20.8. The molecule has 2 bridgehead atoms. The van der Waals surface area contributed by atoms with Crippen LogP contribution in [0.3, 0.4) is 0 Å². The van der Waals surface area contributed by atoms with Crippen molar-refractivity contribution < 1.29 is 14.6 Å². The molecule has 3 aliphatic heterocycles. The molecule has 5 atom stereocenters. The zero-order chi connectivity index (χ0) is 16.1. The van der Waals surface area contributed by atoms with E-state index in [1.807, 2.05) is 0 Å². The van der Waals surface area contributed by atoms with Crippen molar-refractivity contribution in [1.29, 1.82) is 0 Å². The van der Waals surface area contributed by atoms with Gasteiger partial charge in [0.05, 0.1) is 6.10 Å². The van der Waals surface area contributed by atoms with Crippen LogP contribution < -0.4 is 0 Å². The van der Waals surface area contributed by atoms with Gasteiger partial charge in [-0.3, -0.25) is 4.90 Å². The number of aliphatic hydroxyl groups excluding tert-OH is 1. The Hall–Kier alpha value is 0.0569. The average molecular weight is 316 g/mol. The highest BCUT2D eigenvalue weighted by Crippen LogP contribution is 2.42. The van der Waals surface area contributed by atoms with Crippen molar-refractivity contribution >= 4 is 8.32 Å². The van der Waals surface area contributed by atoms with Crippen LogP contribution >= 0.6 is 0 Å². The maximum atomic E-state index is 10.7. The maximum absolute atomic E-state index is 10.7. The van der Waals surface area contributed by atoms with Crippen LogP contribution in [0.25, 0.3) is 0 Å². The van der Waals surface area contributed by atoms with E-state index in [1.165, 1.54) is 0 Å². The lowest BCUT2D eigenvalue weighted by Crippen LogP contribution is -2.67. The molecule has 0 amide bonds. The molecule has 3 rings (SSSR count). The molecule has 4 nitrogen and oxygen atoms in total. The van der Waals surface area contributed by atoms with Gasteiger partial charge in [0, 0.05) is 19.2 Å². The Bertz CT molecular complexity index is 380. The van der Waals surface area contributed by atoms with Gasteiger partial charge in [-0.2, -0.15) is 0 Å². The molecule has 21 heavy (non-hydrogen) atoms. The lowest BCUT2D eigenvalue weighted by molar-refractivity contribution is -0.185. The summed E-state index contributed by atoms with van der Waals surface area (Å²) in [5.41, 5.74) is -0.925. The van der Waals surface area contributed by atoms with Crippen molar-refractivity contribution in [2.24, 2.45) is 5.92 Å². The Balaban J connectivity index is 1.97. The first-order valence-electron chi connectivity index (χ1n) is 8.26. The fourth-order valence-corrected chi connectivity index (χ4v) is 4.43. The van der Waals surface area contributed by atoms with Crippen molar-refractivity contribution in [2.45, 2.75) is 76.4 Å². The zero-order valence-electron chi connectivity index (χ0n) is 14.5. The second-order valence-electron chi connectivity index (χ2n) is 8.58. The van der Waals surface area contributed by atoms with Gasteiger partial charge in [-0.1, -0.05) is 20.8 Å². The van der Waals surface area contributed by atoms with Gasteiger partial charge < -0.3 is 14.6 Å².